The van der Waals surface area contributed by atoms with E-state index in [1.54, 1.807) is 0 Å². The lowest BCUT2D eigenvalue weighted by Crippen LogP contribution is -2.41. The maximum Gasteiger partial charge on any atom is 0.223 e. The second-order valence-corrected chi connectivity index (χ2v) is 7.15. The average molecular weight is 383 g/mol. The molecule has 7 heteroatoms. The number of guanidine groups is 1. The van der Waals surface area contributed by atoms with Crippen molar-refractivity contribution in [1.82, 2.24) is 25.7 Å². The van der Waals surface area contributed by atoms with Crippen molar-refractivity contribution in [3.05, 3.63) is 47.3 Å². The number of hydrogen-bond acceptors (Lipinski definition) is 3. The number of nitrogens with zero attached hydrogens (tertiary/aromatic N) is 3. The highest BCUT2D eigenvalue weighted by molar-refractivity contribution is 5.81. The van der Waals surface area contributed by atoms with Gasteiger partial charge in [-0.25, -0.2) is 9.67 Å². The quantitative estimate of drug-likeness (QED) is 0.371. The highest BCUT2D eigenvalue weighted by atomic mass is 16.2. The molecule has 1 saturated carbocycles. The average Bonchev–Trinajstić information content (AvgIpc) is 3.48. The Morgan fingerprint density at radius 1 is 1.18 bits per heavy atom. The predicted molar refractivity (Wildman–Crippen MR) is 112 cm³/mol. The molecule has 0 atom stereocenters. The first-order valence-electron chi connectivity index (χ1n) is 10.00. The van der Waals surface area contributed by atoms with Gasteiger partial charge in [0, 0.05) is 31.2 Å². The first-order valence-corrected chi connectivity index (χ1v) is 10.00. The number of rotatable bonds is 8. The minimum atomic E-state index is 0.169. The number of nitrogens with one attached hydrogen (secondary N) is 3. The summed E-state index contributed by atoms with van der Waals surface area (Å²) in [5, 5.41) is 14.1. The summed E-state index contributed by atoms with van der Waals surface area (Å²) >= 11 is 0. The Morgan fingerprint density at radius 2 is 1.93 bits per heavy atom. The number of aryl methyl sites for hydroxylation is 2. The Labute approximate surface area is 166 Å². The van der Waals surface area contributed by atoms with Gasteiger partial charge >= 0.3 is 0 Å². The van der Waals surface area contributed by atoms with Gasteiger partial charge < -0.3 is 16.0 Å². The van der Waals surface area contributed by atoms with Crippen LogP contribution in [-0.4, -0.2) is 41.3 Å². The van der Waals surface area contributed by atoms with Gasteiger partial charge in [-0.15, -0.1) is 0 Å². The van der Waals surface area contributed by atoms with Gasteiger partial charge in [0.1, 0.15) is 0 Å². The van der Waals surface area contributed by atoms with E-state index in [2.05, 4.69) is 46.2 Å². The van der Waals surface area contributed by atoms with E-state index in [1.165, 1.54) is 0 Å². The highest BCUT2D eigenvalue weighted by Crippen LogP contribution is 2.28. The molecule has 0 bridgehead atoms. The monoisotopic (exact) mass is 382 g/mol. The second-order valence-electron chi connectivity index (χ2n) is 7.15. The summed E-state index contributed by atoms with van der Waals surface area (Å²) in [6.45, 7) is 8.65. The van der Waals surface area contributed by atoms with Crippen molar-refractivity contribution in [2.75, 3.05) is 19.6 Å². The number of benzene rings is 1. The van der Waals surface area contributed by atoms with Crippen molar-refractivity contribution in [3.63, 3.8) is 0 Å². The number of hydrogen-bond donors (Lipinski definition) is 3. The van der Waals surface area contributed by atoms with Crippen LogP contribution in [0.2, 0.25) is 0 Å². The number of para-hydroxylation sites is 1. The Kier molecular flexibility index (Phi) is 6.68. The molecule has 1 aliphatic carbocycles. The molecule has 3 N–H and O–H groups in total. The van der Waals surface area contributed by atoms with Gasteiger partial charge in [-0.1, -0.05) is 18.2 Å². The Bertz CT molecular complexity index is 837. The van der Waals surface area contributed by atoms with E-state index >= 15 is 0 Å². The lowest BCUT2D eigenvalue weighted by atomic mass is 10.2. The van der Waals surface area contributed by atoms with Gasteiger partial charge in [-0.3, -0.25) is 4.79 Å². The van der Waals surface area contributed by atoms with Crippen LogP contribution < -0.4 is 16.0 Å². The molecule has 1 aliphatic rings. The Balaban J connectivity index is 1.62. The molecular formula is C21H30N6O. The van der Waals surface area contributed by atoms with Crippen LogP contribution in [0.3, 0.4) is 0 Å². The summed E-state index contributed by atoms with van der Waals surface area (Å²) in [5.41, 5.74) is 4.25. The number of aromatic nitrogens is 2. The van der Waals surface area contributed by atoms with Gasteiger partial charge in [0.15, 0.2) is 5.96 Å². The summed E-state index contributed by atoms with van der Waals surface area (Å²) in [5.74, 6) is 1.15. The van der Waals surface area contributed by atoms with Crippen molar-refractivity contribution in [3.8, 4) is 5.69 Å². The Hall–Kier alpha value is -2.83. The van der Waals surface area contributed by atoms with Crippen molar-refractivity contribution in [1.29, 1.82) is 0 Å². The van der Waals surface area contributed by atoms with Gasteiger partial charge in [-0.05, 0) is 51.3 Å². The molecule has 1 amide bonds. The molecule has 1 aromatic heterocycles. The van der Waals surface area contributed by atoms with E-state index in [9.17, 15) is 4.79 Å². The van der Waals surface area contributed by atoms with Crippen LogP contribution in [0.1, 0.15) is 36.7 Å². The molecule has 7 nitrogen and oxygen atoms in total. The molecule has 0 spiro atoms. The molecule has 1 heterocycles. The third kappa shape index (κ3) is 5.34. The van der Waals surface area contributed by atoms with Crippen molar-refractivity contribution >= 4 is 11.9 Å². The largest absolute Gasteiger partial charge is 0.357 e. The lowest BCUT2D eigenvalue weighted by molar-refractivity contribution is -0.122. The van der Waals surface area contributed by atoms with E-state index in [4.69, 9.17) is 4.99 Å². The molecule has 0 unspecified atom stereocenters. The van der Waals surface area contributed by atoms with Gasteiger partial charge in [0.05, 0.1) is 17.9 Å². The first-order chi connectivity index (χ1) is 13.6. The number of amides is 1. The van der Waals surface area contributed by atoms with Crippen LogP contribution in [-0.2, 0) is 11.3 Å². The maximum absolute atomic E-state index is 11.7. The van der Waals surface area contributed by atoms with Crippen LogP contribution in [0.4, 0.5) is 0 Å². The van der Waals surface area contributed by atoms with E-state index in [1.807, 2.05) is 30.7 Å². The van der Waals surface area contributed by atoms with Crippen molar-refractivity contribution in [2.45, 2.75) is 40.2 Å². The fourth-order valence-corrected chi connectivity index (χ4v) is 3.09. The standard InChI is InChI=1S/C21H30N6O/c1-4-22-21(24-12-11-23-20(28)17-9-10-17)25-14-18-7-5-6-8-19(18)27-16(3)13-15(2)26-27/h5-8,13,17H,4,9-12,14H2,1-3H3,(H,23,28)(H2,22,24,25). The molecule has 1 aromatic carbocycles. The van der Waals surface area contributed by atoms with Crippen LogP contribution in [0.5, 0.6) is 0 Å². The first kappa shape index (κ1) is 19.9. The van der Waals surface area contributed by atoms with Gasteiger partial charge in [-0.2, -0.15) is 5.10 Å². The zero-order valence-electron chi connectivity index (χ0n) is 17.0. The SMILES string of the molecule is CCNC(=NCc1ccccc1-n1nc(C)cc1C)NCCNC(=O)C1CC1. The van der Waals surface area contributed by atoms with E-state index < -0.39 is 0 Å². The van der Waals surface area contributed by atoms with Gasteiger partial charge in [0.25, 0.3) is 0 Å². The van der Waals surface area contributed by atoms with E-state index in [-0.39, 0.29) is 11.8 Å². The smallest absolute Gasteiger partial charge is 0.223 e. The van der Waals surface area contributed by atoms with Gasteiger partial charge in [0.2, 0.25) is 5.91 Å². The molecule has 1 fully saturated rings. The highest BCUT2D eigenvalue weighted by Gasteiger charge is 2.28. The fraction of sp³-hybridized carbons (Fsp3) is 0.476. The molecule has 28 heavy (non-hydrogen) atoms. The zero-order valence-corrected chi connectivity index (χ0v) is 17.0. The minimum absolute atomic E-state index is 0.169. The number of carbonyl (C=O) groups is 1. The fourth-order valence-electron chi connectivity index (χ4n) is 3.09. The second kappa shape index (κ2) is 9.39. The number of aliphatic imine (C=N–C) groups is 1. The van der Waals surface area contributed by atoms with Crippen LogP contribution >= 0.6 is 0 Å². The summed E-state index contributed by atoms with van der Waals surface area (Å²) in [6, 6.07) is 10.3. The molecule has 0 aliphatic heterocycles. The summed E-state index contributed by atoms with van der Waals surface area (Å²) in [6.07, 6.45) is 2.05. The molecule has 0 saturated heterocycles. The van der Waals surface area contributed by atoms with Crippen LogP contribution in [0.25, 0.3) is 5.69 Å². The summed E-state index contributed by atoms with van der Waals surface area (Å²) in [7, 11) is 0. The Morgan fingerprint density at radius 3 is 2.61 bits per heavy atom. The zero-order chi connectivity index (χ0) is 19.9. The molecular weight excluding hydrogens is 352 g/mol. The maximum atomic E-state index is 11.7. The summed E-state index contributed by atoms with van der Waals surface area (Å²) < 4.78 is 1.97. The van der Waals surface area contributed by atoms with Crippen molar-refractivity contribution in [2.24, 2.45) is 10.9 Å². The lowest BCUT2D eigenvalue weighted by Gasteiger charge is -2.13. The molecule has 0 radical (unpaired) electrons. The number of carbonyl (C=O) groups excluding carboxylic acids is 1. The molecule has 2 aromatic rings. The minimum Gasteiger partial charge on any atom is -0.357 e. The van der Waals surface area contributed by atoms with Crippen LogP contribution in [0.15, 0.2) is 35.3 Å². The van der Waals surface area contributed by atoms with Crippen molar-refractivity contribution < 1.29 is 4.79 Å². The predicted octanol–water partition coefficient (Wildman–Crippen LogP) is 2.07. The van der Waals surface area contributed by atoms with E-state index in [0.717, 1.165) is 48.0 Å². The topological polar surface area (TPSA) is 83.3 Å². The van der Waals surface area contributed by atoms with Crippen LogP contribution in [0, 0.1) is 19.8 Å². The third-order valence-electron chi connectivity index (χ3n) is 4.65. The van der Waals surface area contributed by atoms with E-state index in [0.29, 0.717) is 19.6 Å². The summed E-state index contributed by atoms with van der Waals surface area (Å²) in [4.78, 5) is 16.4. The molecule has 3 rings (SSSR count). The molecule has 150 valence electrons. The third-order valence-corrected chi connectivity index (χ3v) is 4.65. The normalized spacial score (nSPS) is 14.0.